The quantitative estimate of drug-likeness (QED) is 0.646. The van der Waals surface area contributed by atoms with Gasteiger partial charge in [0.15, 0.2) is 5.60 Å². The van der Waals surface area contributed by atoms with Crippen molar-refractivity contribution in [1.29, 1.82) is 0 Å². The first-order valence-electron chi connectivity index (χ1n) is 7.43. The summed E-state index contributed by atoms with van der Waals surface area (Å²) in [5.41, 5.74) is 2.40. The van der Waals surface area contributed by atoms with E-state index in [0.29, 0.717) is 21.3 Å². The van der Waals surface area contributed by atoms with E-state index in [1.54, 1.807) is 43.3 Å². The molecule has 2 unspecified atom stereocenters. The number of carbonyl (C=O) groups is 1. The Morgan fingerprint density at radius 3 is 2.44 bits per heavy atom. The summed E-state index contributed by atoms with van der Waals surface area (Å²) >= 11 is 15.9. The predicted molar refractivity (Wildman–Crippen MR) is 102 cm³/mol. The van der Waals surface area contributed by atoms with Crippen LogP contribution in [0.2, 0.25) is 10.0 Å². The average molecular weight is 443 g/mol. The van der Waals surface area contributed by atoms with Crippen molar-refractivity contribution in [2.24, 2.45) is 5.16 Å². The lowest BCUT2D eigenvalue weighted by atomic mass is 9.88. The zero-order valence-electron chi connectivity index (χ0n) is 13.4. The monoisotopic (exact) mass is 441 g/mol. The van der Waals surface area contributed by atoms with E-state index in [1.807, 2.05) is 6.92 Å². The summed E-state index contributed by atoms with van der Waals surface area (Å²) < 4.78 is 0. The van der Waals surface area contributed by atoms with Crippen LogP contribution in [0.5, 0.6) is 0 Å². The Labute approximate surface area is 163 Å². The van der Waals surface area contributed by atoms with Crippen LogP contribution in [-0.4, -0.2) is 21.6 Å². The predicted octanol–water partition coefficient (Wildman–Crippen LogP) is 5.41. The number of carboxylic acid groups (broad SMARTS) is 1. The van der Waals surface area contributed by atoms with Gasteiger partial charge in [-0.2, -0.15) is 0 Å². The molecule has 0 aromatic heterocycles. The summed E-state index contributed by atoms with van der Waals surface area (Å²) in [7, 11) is 0. The molecule has 130 valence electrons. The molecule has 0 fully saturated rings. The number of hydrogen-bond acceptors (Lipinski definition) is 3. The lowest BCUT2D eigenvalue weighted by molar-refractivity contribution is -0.00304. The third-order valence-electron chi connectivity index (χ3n) is 4.25. The van der Waals surface area contributed by atoms with Crippen molar-refractivity contribution in [2.75, 3.05) is 0 Å². The number of benzene rings is 2. The highest BCUT2D eigenvalue weighted by molar-refractivity contribution is 9.10. The molecule has 2 aromatic carbocycles. The van der Waals surface area contributed by atoms with Crippen LogP contribution in [0.3, 0.4) is 0 Å². The van der Waals surface area contributed by atoms with Gasteiger partial charge in [-0.3, -0.25) is 0 Å². The van der Waals surface area contributed by atoms with Crippen LogP contribution >= 0.6 is 39.1 Å². The van der Waals surface area contributed by atoms with Gasteiger partial charge in [0.25, 0.3) is 0 Å². The van der Waals surface area contributed by atoms with Crippen LogP contribution in [0.25, 0.3) is 0 Å². The van der Waals surface area contributed by atoms with E-state index >= 15 is 0 Å². The fourth-order valence-electron chi connectivity index (χ4n) is 2.80. The van der Waals surface area contributed by atoms with Crippen LogP contribution in [0.15, 0.2) is 41.6 Å². The largest absolute Gasteiger partial charge is 0.478 e. The number of alkyl halides is 1. The zero-order valence-corrected chi connectivity index (χ0v) is 16.5. The summed E-state index contributed by atoms with van der Waals surface area (Å²) in [6.07, 6.45) is 0. The maximum absolute atomic E-state index is 11.2. The number of carboxylic acids is 1. The number of oxime groups is 1. The molecule has 4 nitrogen and oxygen atoms in total. The number of rotatable bonds is 3. The topological polar surface area (TPSA) is 58.9 Å². The maximum Gasteiger partial charge on any atom is 0.335 e. The molecule has 1 heterocycles. The lowest BCUT2D eigenvalue weighted by Crippen LogP contribution is -2.34. The minimum absolute atomic E-state index is 0.260. The van der Waals surface area contributed by atoms with Gasteiger partial charge in [0.1, 0.15) is 10.5 Å². The SMILES string of the molecule is Cc1cc(C2=NOC(C)(c3cc(Cl)cc(Cl)c3)C2Br)ccc1C(=O)O. The summed E-state index contributed by atoms with van der Waals surface area (Å²) in [4.78, 5) is 16.7. The second-order valence-electron chi connectivity index (χ2n) is 6.03. The first-order chi connectivity index (χ1) is 11.7. The van der Waals surface area contributed by atoms with Gasteiger partial charge < -0.3 is 9.94 Å². The zero-order chi connectivity index (χ0) is 18.4. The van der Waals surface area contributed by atoms with E-state index in [1.165, 1.54) is 0 Å². The van der Waals surface area contributed by atoms with Crippen LogP contribution in [-0.2, 0) is 10.4 Å². The van der Waals surface area contributed by atoms with E-state index in [9.17, 15) is 4.79 Å². The van der Waals surface area contributed by atoms with Crippen LogP contribution in [0.4, 0.5) is 0 Å². The molecule has 7 heteroatoms. The van der Waals surface area contributed by atoms with Crippen molar-refractivity contribution in [3.8, 4) is 0 Å². The smallest absolute Gasteiger partial charge is 0.335 e. The minimum Gasteiger partial charge on any atom is -0.478 e. The first kappa shape index (κ1) is 18.2. The molecule has 0 spiro atoms. The van der Waals surface area contributed by atoms with Crippen molar-refractivity contribution in [1.82, 2.24) is 0 Å². The van der Waals surface area contributed by atoms with Crippen molar-refractivity contribution in [3.63, 3.8) is 0 Å². The number of hydrogen-bond donors (Lipinski definition) is 1. The molecular formula is C18H14BrCl2NO3. The molecule has 0 bridgehead atoms. The Balaban J connectivity index is 1.97. The highest BCUT2D eigenvalue weighted by atomic mass is 79.9. The lowest BCUT2D eigenvalue weighted by Gasteiger charge is -2.26. The van der Waals surface area contributed by atoms with Crippen LogP contribution < -0.4 is 0 Å². The Morgan fingerprint density at radius 1 is 1.24 bits per heavy atom. The Bertz CT molecular complexity index is 880. The van der Waals surface area contributed by atoms with Gasteiger partial charge in [-0.05, 0) is 49.7 Å². The molecule has 0 aliphatic carbocycles. The van der Waals surface area contributed by atoms with Gasteiger partial charge in [0.05, 0.1) is 5.56 Å². The molecule has 1 N–H and O–H groups in total. The standard InChI is InChI=1S/C18H14BrCl2NO3/c1-9-5-10(3-4-14(9)17(23)24)15-16(19)18(2,25-22-15)11-6-12(20)8-13(21)7-11/h3-8,16H,1-2H3,(H,23,24). The summed E-state index contributed by atoms with van der Waals surface area (Å²) in [5, 5.41) is 14.4. The highest BCUT2D eigenvalue weighted by Crippen LogP contribution is 2.42. The minimum atomic E-state index is -0.956. The Kier molecular flexibility index (Phi) is 4.84. The highest BCUT2D eigenvalue weighted by Gasteiger charge is 2.46. The van der Waals surface area contributed by atoms with E-state index in [4.69, 9.17) is 33.1 Å². The molecular weight excluding hydrogens is 429 g/mol. The van der Waals surface area contributed by atoms with Crippen LogP contribution in [0, 0.1) is 6.92 Å². The van der Waals surface area contributed by atoms with E-state index in [-0.39, 0.29) is 10.4 Å². The maximum atomic E-state index is 11.2. The molecule has 0 saturated carbocycles. The van der Waals surface area contributed by atoms with E-state index in [0.717, 1.165) is 11.1 Å². The Morgan fingerprint density at radius 2 is 1.88 bits per heavy atom. The summed E-state index contributed by atoms with van der Waals surface area (Å²) in [6, 6.07) is 10.3. The van der Waals surface area contributed by atoms with Crippen LogP contribution in [0.1, 0.15) is 34.0 Å². The number of halogens is 3. The van der Waals surface area contributed by atoms with E-state index < -0.39 is 11.6 Å². The van der Waals surface area contributed by atoms with E-state index in [2.05, 4.69) is 21.1 Å². The fraction of sp³-hybridized carbons (Fsp3) is 0.222. The second-order valence-corrected chi connectivity index (χ2v) is 7.82. The van der Waals surface area contributed by atoms with Gasteiger partial charge in [-0.15, -0.1) is 0 Å². The second kappa shape index (κ2) is 6.63. The normalized spacial score (nSPS) is 22.4. The summed E-state index contributed by atoms with van der Waals surface area (Å²) in [6.45, 7) is 3.64. The van der Waals surface area contributed by atoms with Crippen molar-refractivity contribution >= 4 is 50.8 Å². The average Bonchev–Trinajstić information content (AvgIpc) is 2.83. The molecule has 1 aliphatic rings. The molecule has 1 aliphatic heterocycles. The number of aromatic carboxylic acids is 1. The molecule has 0 radical (unpaired) electrons. The molecule has 3 rings (SSSR count). The van der Waals surface area contributed by atoms with Gasteiger partial charge in [0, 0.05) is 21.2 Å². The number of nitrogens with zero attached hydrogens (tertiary/aromatic N) is 1. The summed E-state index contributed by atoms with van der Waals surface area (Å²) in [5.74, 6) is -0.956. The molecule has 25 heavy (non-hydrogen) atoms. The first-order valence-corrected chi connectivity index (χ1v) is 9.10. The van der Waals surface area contributed by atoms with Gasteiger partial charge in [-0.25, -0.2) is 4.79 Å². The van der Waals surface area contributed by atoms with Gasteiger partial charge >= 0.3 is 5.97 Å². The van der Waals surface area contributed by atoms with Crippen molar-refractivity contribution in [2.45, 2.75) is 24.3 Å². The van der Waals surface area contributed by atoms with Crippen molar-refractivity contribution < 1.29 is 14.7 Å². The number of aryl methyl sites for hydroxylation is 1. The molecule has 2 aromatic rings. The molecule has 0 amide bonds. The third kappa shape index (κ3) is 3.28. The molecule has 2 atom stereocenters. The van der Waals surface area contributed by atoms with Crippen molar-refractivity contribution in [3.05, 3.63) is 68.7 Å². The Hall–Kier alpha value is -1.56. The molecule has 0 saturated heterocycles. The fourth-order valence-corrected chi connectivity index (χ4v) is 4.02. The van der Waals surface area contributed by atoms with Gasteiger partial charge in [-0.1, -0.05) is 50.4 Å². The van der Waals surface area contributed by atoms with Gasteiger partial charge in [0.2, 0.25) is 0 Å². The third-order valence-corrected chi connectivity index (χ3v) is 5.99.